The van der Waals surface area contributed by atoms with Crippen molar-refractivity contribution in [3.63, 3.8) is 0 Å². The van der Waals surface area contributed by atoms with Gasteiger partial charge >= 0.3 is 0 Å². The average Bonchev–Trinajstić information content (AvgIpc) is 2.91. The maximum Gasteiger partial charge on any atom is 0.244 e. The molecule has 2 aromatic carbocycles. The minimum absolute atomic E-state index is 0.111. The van der Waals surface area contributed by atoms with Crippen LogP contribution in [0.25, 0.3) is 10.9 Å². The quantitative estimate of drug-likeness (QED) is 0.712. The van der Waals surface area contributed by atoms with Crippen molar-refractivity contribution in [2.24, 2.45) is 0 Å². The molecule has 0 spiro atoms. The Labute approximate surface area is 147 Å². The highest BCUT2D eigenvalue weighted by atomic mass is 79.9. The monoisotopic (exact) mass is 385 g/mol. The van der Waals surface area contributed by atoms with Crippen LogP contribution in [0.4, 0.5) is 11.4 Å². The predicted molar refractivity (Wildman–Crippen MR) is 99.0 cm³/mol. The second-order valence-electron chi connectivity index (χ2n) is 5.45. The van der Waals surface area contributed by atoms with Gasteiger partial charge in [0.2, 0.25) is 11.8 Å². The van der Waals surface area contributed by atoms with E-state index in [1.54, 1.807) is 24.3 Å². The van der Waals surface area contributed by atoms with Crippen molar-refractivity contribution in [1.29, 1.82) is 0 Å². The molecule has 0 unspecified atom stereocenters. The van der Waals surface area contributed by atoms with Crippen molar-refractivity contribution in [2.45, 2.75) is 13.5 Å². The first kappa shape index (κ1) is 16.3. The van der Waals surface area contributed by atoms with Gasteiger partial charge in [-0.25, -0.2) is 0 Å². The minimum atomic E-state index is -0.127. The summed E-state index contributed by atoms with van der Waals surface area (Å²) in [4.78, 5) is 23.3. The number of anilines is 2. The van der Waals surface area contributed by atoms with Gasteiger partial charge in [0.25, 0.3) is 0 Å². The van der Waals surface area contributed by atoms with Crippen LogP contribution in [-0.2, 0) is 16.1 Å². The van der Waals surface area contributed by atoms with Crippen LogP contribution in [0.5, 0.6) is 0 Å². The van der Waals surface area contributed by atoms with Gasteiger partial charge in [-0.05, 0) is 47.9 Å². The molecule has 0 aliphatic rings. The Bertz CT molecular complexity index is 900. The van der Waals surface area contributed by atoms with Gasteiger partial charge in [0, 0.05) is 34.5 Å². The van der Waals surface area contributed by atoms with Gasteiger partial charge in [-0.15, -0.1) is 0 Å². The molecule has 0 bridgehead atoms. The number of fused-ring (bicyclic) bond motifs is 1. The van der Waals surface area contributed by atoms with E-state index < -0.39 is 0 Å². The summed E-state index contributed by atoms with van der Waals surface area (Å²) in [6.07, 6.45) is 1.90. The molecule has 3 aromatic rings. The van der Waals surface area contributed by atoms with Crippen LogP contribution in [0.2, 0.25) is 0 Å². The fourth-order valence-electron chi connectivity index (χ4n) is 2.49. The zero-order chi connectivity index (χ0) is 17.1. The van der Waals surface area contributed by atoms with Crippen LogP contribution in [0.1, 0.15) is 6.92 Å². The largest absolute Gasteiger partial charge is 0.338 e. The van der Waals surface area contributed by atoms with E-state index in [2.05, 4.69) is 26.6 Å². The number of carbonyl (C=O) groups is 2. The summed E-state index contributed by atoms with van der Waals surface area (Å²) < 4.78 is 2.88. The molecular formula is C18H16BrN3O2. The van der Waals surface area contributed by atoms with Gasteiger partial charge in [-0.3, -0.25) is 9.59 Å². The molecule has 0 radical (unpaired) electrons. The van der Waals surface area contributed by atoms with Gasteiger partial charge in [-0.2, -0.15) is 0 Å². The molecule has 3 rings (SSSR count). The van der Waals surface area contributed by atoms with Crippen LogP contribution in [0.15, 0.2) is 59.2 Å². The lowest BCUT2D eigenvalue weighted by atomic mass is 10.2. The third-order valence-electron chi connectivity index (χ3n) is 3.54. The van der Waals surface area contributed by atoms with E-state index in [9.17, 15) is 9.59 Å². The molecule has 0 aliphatic heterocycles. The Hall–Kier alpha value is -2.60. The summed E-state index contributed by atoms with van der Waals surface area (Å²) in [7, 11) is 0. The number of rotatable bonds is 4. The molecule has 24 heavy (non-hydrogen) atoms. The van der Waals surface area contributed by atoms with Crippen molar-refractivity contribution in [2.75, 3.05) is 10.6 Å². The SMILES string of the molecule is CC(=O)Nc1ccc(NC(=O)Cn2ccc3ccc(Br)cc32)cc1. The molecule has 1 heterocycles. The van der Waals surface area contributed by atoms with Crippen molar-refractivity contribution >= 4 is 50.0 Å². The number of nitrogens with one attached hydrogen (secondary N) is 2. The lowest BCUT2D eigenvalue weighted by molar-refractivity contribution is -0.116. The Balaban J connectivity index is 1.68. The lowest BCUT2D eigenvalue weighted by Crippen LogP contribution is -2.18. The highest BCUT2D eigenvalue weighted by Crippen LogP contribution is 2.21. The highest BCUT2D eigenvalue weighted by Gasteiger charge is 2.07. The summed E-state index contributed by atoms with van der Waals surface area (Å²) in [6, 6.07) is 15.0. The molecule has 0 atom stereocenters. The molecule has 1 aromatic heterocycles. The molecule has 2 amide bonds. The van der Waals surface area contributed by atoms with E-state index in [1.807, 2.05) is 35.0 Å². The first-order valence-corrected chi connectivity index (χ1v) is 8.22. The van der Waals surface area contributed by atoms with Crippen LogP contribution in [0.3, 0.4) is 0 Å². The van der Waals surface area contributed by atoms with Crippen molar-refractivity contribution in [1.82, 2.24) is 4.57 Å². The first-order chi connectivity index (χ1) is 11.5. The second kappa shape index (κ2) is 6.88. The molecule has 2 N–H and O–H groups in total. The van der Waals surface area contributed by atoms with E-state index in [1.165, 1.54) is 6.92 Å². The van der Waals surface area contributed by atoms with Crippen molar-refractivity contribution in [3.8, 4) is 0 Å². The van der Waals surface area contributed by atoms with Gasteiger partial charge in [0.1, 0.15) is 6.54 Å². The molecule has 6 heteroatoms. The number of hydrogen-bond acceptors (Lipinski definition) is 2. The maximum atomic E-state index is 12.3. The van der Waals surface area contributed by atoms with Gasteiger partial charge in [0.15, 0.2) is 0 Å². The summed E-state index contributed by atoms with van der Waals surface area (Å²) in [6.45, 7) is 1.68. The molecule has 0 saturated heterocycles. The zero-order valence-electron chi connectivity index (χ0n) is 13.0. The van der Waals surface area contributed by atoms with Crippen LogP contribution in [0, 0.1) is 0 Å². The molecule has 5 nitrogen and oxygen atoms in total. The summed E-state index contributed by atoms with van der Waals surface area (Å²) in [5.41, 5.74) is 2.38. The zero-order valence-corrected chi connectivity index (χ0v) is 14.6. The second-order valence-corrected chi connectivity index (χ2v) is 6.37. The Morgan fingerprint density at radius 2 is 1.67 bits per heavy atom. The third-order valence-corrected chi connectivity index (χ3v) is 4.03. The number of hydrogen-bond donors (Lipinski definition) is 2. The Kier molecular flexibility index (Phi) is 4.66. The smallest absolute Gasteiger partial charge is 0.244 e. The van der Waals surface area contributed by atoms with Gasteiger partial charge < -0.3 is 15.2 Å². The maximum absolute atomic E-state index is 12.3. The fraction of sp³-hybridized carbons (Fsp3) is 0.111. The van der Waals surface area contributed by atoms with Crippen LogP contribution < -0.4 is 10.6 Å². The van der Waals surface area contributed by atoms with Gasteiger partial charge in [-0.1, -0.05) is 22.0 Å². The minimum Gasteiger partial charge on any atom is -0.338 e. The van der Waals surface area contributed by atoms with Crippen LogP contribution >= 0.6 is 15.9 Å². The molecule has 0 fully saturated rings. The first-order valence-electron chi connectivity index (χ1n) is 7.43. The predicted octanol–water partition coefficient (Wildman–Crippen LogP) is 4.00. The summed E-state index contributed by atoms with van der Waals surface area (Å²) in [5.74, 6) is -0.239. The van der Waals surface area contributed by atoms with E-state index in [0.29, 0.717) is 11.4 Å². The Morgan fingerprint density at radius 1 is 1.00 bits per heavy atom. The van der Waals surface area contributed by atoms with E-state index in [4.69, 9.17) is 0 Å². The van der Waals surface area contributed by atoms with E-state index in [0.717, 1.165) is 15.4 Å². The lowest BCUT2D eigenvalue weighted by Gasteiger charge is -2.09. The topological polar surface area (TPSA) is 63.1 Å². The Morgan fingerprint density at radius 3 is 2.33 bits per heavy atom. The van der Waals surface area contributed by atoms with E-state index in [-0.39, 0.29) is 18.4 Å². The molecule has 0 saturated carbocycles. The highest BCUT2D eigenvalue weighted by molar-refractivity contribution is 9.10. The number of benzene rings is 2. The molecule has 122 valence electrons. The van der Waals surface area contributed by atoms with Gasteiger partial charge in [0.05, 0.1) is 0 Å². The summed E-state index contributed by atoms with van der Waals surface area (Å²) in [5, 5.41) is 6.63. The number of nitrogens with zero attached hydrogens (tertiary/aromatic N) is 1. The third kappa shape index (κ3) is 3.83. The summed E-state index contributed by atoms with van der Waals surface area (Å²) >= 11 is 3.45. The normalized spacial score (nSPS) is 10.6. The fourth-order valence-corrected chi connectivity index (χ4v) is 2.84. The number of halogens is 1. The van der Waals surface area contributed by atoms with Crippen molar-refractivity contribution in [3.05, 3.63) is 59.2 Å². The van der Waals surface area contributed by atoms with E-state index >= 15 is 0 Å². The van der Waals surface area contributed by atoms with Crippen LogP contribution in [-0.4, -0.2) is 16.4 Å². The number of aromatic nitrogens is 1. The van der Waals surface area contributed by atoms with Crippen molar-refractivity contribution < 1.29 is 9.59 Å². The number of amides is 2. The molecule has 0 aliphatic carbocycles. The number of carbonyl (C=O) groups excluding carboxylic acids is 2. The standard InChI is InChI=1S/C18H16BrN3O2/c1-12(23)20-15-4-6-16(7-5-15)21-18(24)11-22-9-8-13-2-3-14(19)10-17(13)22/h2-10H,11H2,1H3,(H,20,23)(H,21,24). The molecular weight excluding hydrogens is 370 g/mol. The average molecular weight is 386 g/mol.